The molecule has 1 aromatic carbocycles. The minimum absolute atomic E-state index is 0.0346. The predicted molar refractivity (Wildman–Crippen MR) is 119 cm³/mol. The molecule has 3 aromatic rings. The van der Waals surface area contributed by atoms with Gasteiger partial charge in [-0.25, -0.2) is 4.98 Å². The molecule has 30 heavy (non-hydrogen) atoms. The molecule has 0 fully saturated rings. The normalized spacial score (nSPS) is 10.5. The average molecular weight is 446 g/mol. The van der Waals surface area contributed by atoms with Crippen LogP contribution in [-0.4, -0.2) is 37.6 Å². The average Bonchev–Trinajstić information content (AvgIpc) is 3.44. The van der Waals surface area contributed by atoms with Crippen molar-refractivity contribution in [3.8, 4) is 11.5 Å². The van der Waals surface area contributed by atoms with Crippen LogP contribution in [0.1, 0.15) is 27.3 Å². The second kappa shape index (κ2) is 10.7. The third kappa shape index (κ3) is 6.04. The van der Waals surface area contributed by atoms with E-state index in [4.69, 9.17) is 9.47 Å². The minimum atomic E-state index is -0.168. The van der Waals surface area contributed by atoms with E-state index in [1.807, 2.05) is 35.0 Å². The Hall–Kier alpha value is -2.91. The smallest absolute Gasteiger partial charge is 0.267 e. The van der Waals surface area contributed by atoms with Gasteiger partial charge in [0.05, 0.1) is 24.8 Å². The summed E-state index contributed by atoms with van der Waals surface area (Å²) in [5.41, 5.74) is 1.84. The maximum absolute atomic E-state index is 12.1. The van der Waals surface area contributed by atoms with Gasteiger partial charge < -0.3 is 14.8 Å². The van der Waals surface area contributed by atoms with E-state index >= 15 is 0 Å². The number of thiophene rings is 1. The highest BCUT2D eigenvalue weighted by Crippen LogP contribution is 2.27. The fraction of sp³-hybridized carbons (Fsp3) is 0.286. The van der Waals surface area contributed by atoms with Gasteiger partial charge >= 0.3 is 0 Å². The SMILES string of the molecule is COc1ccc(CCNC(=O)CCc2csc(NC(=O)c3cccs3)n2)cc1OC. The number of amides is 2. The van der Waals surface area contributed by atoms with Gasteiger partial charge in [-0.15, -0.1) is 22.7 Å². The molecular weight excluding hydrogens is 422 g/mol. The van der Waals surface area contributed by atoms with Crippen LogP contribution < -0.4 is 20.1 Å². The molecule has 0 saturated heterocycles. The lowest BCUT2D eigenvalue weighted by Gasteiger charge is -2.10. The fourth-order valence-electron chi connectivity index (χ4n) is 2.76. The molecule has 0 spiro atoms. The van der Waals surface area contributed by atoms with Gasteiger partial charge in [0, 0.05) is 18.3 Å². The molecule has 2 heterocycles. The first kappa shape index (κ1) is 21.8. The first-order valence-electron chi connectivity index (χ1n) is 9.36. The highest BCUT2D eigenvalue weighted by atomic mass is 32.1. The summed E-state index contributed by atoms with van der Waals surface area (Å²) in [7, 11) is 3.20. The van der Waals surface area contributed by atoms with Crippen LogP contribution in [0.15, 0.2) is 41.1 Å². The van der Waals surface area contributed by atoms with E-state index < -0.39 is 0 Å². The van der Waals surface area contributed by atoms with Crippen molar-refractivity contribution in [1.29, 1.82) is 0 Å². The van der Waals surface area contributed by atoms with Crippen LogP contribution in [0.3, 0.4) is 0 Å². The number of anilines is 1. The number of ether oxygens (including phenoxy) is 2. The van der Waals surface area contributed by atoms with Gasteiger partial charge in [-0.05, 0) is 42.0 Å². The van der Waals surface area contributed by atoms with E-state index in [0.717, 1.165) is 11.3 Å². The van der Waals surface area contributed by atoms with Crippen LogP contribution in [0, 0.1) is 0 Å². The Morgan fingerprint density at radius 3 is 2.63 bits per heavy atom. The molecule has 7 nitrogen and oxygen atoms in total. The van der Waals surface area contributed by atoms with Crippen LogP contribution in [-0.2, 0) is 17.6 Å². The lowest BCUT2D eigenvalue weighted by Crippen LogP contribution is -2.25. The van der Waals surface area contributed by atoms with E-state index in [0.29, 0.717) is 47.3 Å². The Balaban J connectivity index is 1.40. The quantitative estimate of drug-likeness (QED) is 0.496. The van der Waals surface area contributed by atoms with Crippen molar-refractivity contribution in [3.63, 3.8) is 0 Å². The van der Waals surface area contributed by atoms with Crippen molar-refractivity contribution in [2.24, 2.45) is 0 Å². The molecule has 0 unspecified atom stereocenters. The molecule has 0 saturated carbocycles. The molecule has 0 atom stereocenters. The Kier molecular flexibility index (Phi) is 7.81. The van der Waals surface area contributed by atoms with Gasteiger partial charge in [0.1, 0.15) is 0 Å². The number of methoxy groups -OCH3 is 2. The van der Waals surface area contributed by atoms with Crippen molar-refractivity contribution in [2.45, 2.75) is 19.3 Å². The zero-order valence-corrected chi connectivity index (χ0v) is 18.4. The predicted octanol–water partition coefficient (Wildman–Crippen LogP) is 3.77. The molecule has 158 valence electrons. The number of hydrogen-bond acceptors (Lipinski definition) is 7. The van der Waals surface area contributed by atoms with Crippen LogP contribution in [0.5, 0.6) is 11.5 Å². The molecule has 2 N–H and O–H groups in total. The maximum atomic E-state index is 12.1. The number of aromatic nitrogens is 1. The van der Waals surface area contributed by atoms with Gasteiger partial charge in [0.25, 0.3) is 5.91 Å². The topological polar surface area (TPSA) is 89.6 Å². The summed E-state index contributed by atoms with van der Waals surface area (Å²) >= 11 is 2.74. The van der Waals surface area contributed by atoms with Gasteiger partial charge in [-0.2, -0.15) is 0 Å². The second-order valence-corrected chi connectivity index (χ2v) is 8.17. The molecule has 0 radical (unpaired) electrons. The molecule has 9 heteroatoms. The number of carbonyl (C=O) groups is 2. The minimum Gasteiger partial charge on any atom is -0.493 e. The number of carbonyl (C=O) groups excluding carboxylic acids is 2. The largest absolute Gasteiger partial charge is 0.493 e. The summed E-state index contributed by atoms with van der Waals surface area (Å²) in [4.78, 5) is 29.2. The van der Waals surface area contributed by atoms with Gasteiger partial charge in [-0.1, -0.05) is 12.1 Å². The summed E-state index contributed by atoms with van der Waals surface area (Å²) < 4.78 is 10.5. The van der Waals surface area contributed by atoms with Gasteiger partial charge in [-0.3, -0.25) is 14.9 Å². The number of hydrogen-bond donors (Lipinski definition) is 2. The monoisotopic (exact) mass is 445 g/mol. The maximum Gasteiger partial charge on any atom is 0.267 e. The van der Waals surface area contributed by atoms with E-state index in [1.165, 1.54) is 22.7 Å². The Labute approximate surface area is 183 Å². The van der Waals surface area contributed by atoms with E-state index in [-0.39, 0.29) is 11.8 Å². The van der Waals surface area contributed by atoms with Crippen LogP contribution in [0.25, 0.3) is 0 Å². The molecular formula is C21H23N3O4S2. The van der Waals surface area contributed by atoms with E-state index in [9.17, 15) is 9.59 Å². The van der Waals surface area contributed by atoms with Gasteiger partial charge in [0.15, 0.2) is 16.6 Å². The lowest BCUT2D eigenvalue weighted by atomic mass is 10.1. The summed E-state index contributed by atoms with van der Waals surface area (Å²) in [5.74, 6) is 1.15. The lowest BCUT2D eigenvalue weighted by molar-refractivity contribution is -0.121. The molecule has 0 bridgehead atoms. The summed E-state index contributed by atoms with van der Waals surface area (Å²) in [6, 6.07) is 9.31. The van der Waals surface area contributed by atoms with Crippen LogP contribution >= 0.6 is 22.7 Å². The number of rotatable bonds is 10. The number of nitrogens with zero attached hydrogens (tertiary/aromatic N) is 1. The highest BCUT2D eigenvalue weighted by molar-refractivity contribution is 7.14. The van der Waals surface area contributed by atoms with Crippen LogP contribution in [0.2, 0.25) is 0 Å². The van der Waals surface area contributed by atoms with E-state index in [2.05, 4.69) is 15.6 Å². The number of benzene rings is 1. The molecule has 0 aliphatic carbocycles. The Morgan fingerprint density at radius 2 is 1.90 bits per heavy atom. The van der Waals surface area contributed by atoms with Crippen molar-refractivity contribution >= 4 is 39.6 Å². The summed E-state index contributed by atoms with van der Waals surface area (Å²) in [6.07, 6.45) is 1.56. The fourth-order valence-corrected chi connectivity index (χ4v) is 4.12. The number of aryl methyl sites for hydroxylation is 1. The number of nitrogens with one attached hydrogen (secondary N) is 2. The summed E-state index contributed by atoms with van der Waals surface area (Å²) in [5, 5.41) is 9.96. The van der Waals surface area contributed by atoms with Crippen molar-refractivity contribution in [3.05, 3.63) is 57.2 Å². The first-order chi connectivity index (χ1) is 14.6. The zero-order chi connectivity index (χ0) is 21.3. The molecule has 2 amide bonds. The Morgan fingerprint density at radius 1 is 1.07 bits per heavy atom. The molecule has 0 aliphatic rings. The van der Waals surface area contributed by atoms with Crippen LogP contribution in [0.4, 0.5) is 5.13 Å². The standard InChI is InChI=1S/C21H23N3O4S2/c1-27-16-7-5-14(12-17(16)28-2)9-10-22-19(25)8-6-15-13-30-21(23-15)24-20(26)18-4-3-11-29-18/h3-5,7,11-13H,6,8-10H2,1-2H3,(H,22,25)(H,23,24,26). The number of thiazole rings is 1. The molecule has 3 rings (SSSR count). The van der Waals surface area contributed by atoms with Crippen molar-refractivity contribution in [1.82, 2.24) is 10.3 Å². The van der Waals surface area contributed by atoms with Gasteiger partial charge in [0.2, 0.25) is 5.91 Å². The second-order valence-electron chi connectivity index (χ2n) is 6.36. The Bertz CT molecular complexity index is 986. The third-order valence-corrected chi connectivity index (χ3v) is 5.98. The third-order valence-electron chi connectivity index (χ3n) is 4.31. The van der Waals surface area contributed by atoms with Crippen molar-refractivity contribution < 1.29 is 19.1 Å². The first-order valence-corrected chi connectivity index (χ1v) is 11.1. The van der Waals surface area contributed by atoms with Crippen molar-refractivity contribution in [2.75, 3.05) is 26.1 Å². The molecule has 2 aromatic heterocycles. The van der Waals surface area contributed by atoms with E-state index in [1.54, 1.807) is 20.3 Å². The highest BCUT2D eigenvalue weighted by Gasteiger charge is 2.11. The zero-order valence-electron chi connectivity index (χ0n) is 16.8. The summed E-state index contributed by atoms with van der Waals surface area (Å²) in [6.45, 7) is 0.535. The molecule has 0 aliphatic heterocycles.